The Labute approximate surface area is 114 Å². The van der Waals surface area contributed by atoms with Crippen LogP contribution in [0.4, 0.5) is 0 Å². The second kappa shape index (κ2) is 6.55. The van der Waals surface area contributed by atoms with Crippen molar-refractivity contribution in [3.8, 4) is 0 Å². The van der Waals surface area contributed by atoms with Crippen LogP contribution in [-0.2, 0) is 17.7 Å². The zero-order valence-electron chi connectivity index (χ0n) is 11.2. The highest BCUT2D eigenvalue weighted by Gasteiger charge is 2.23. The topological polar surface area (TPSA) is 39.1 Å². The van der Waals surface area contributed by atoms with E-state index in [1.165, 1.54) is 6.42 Å². The minimum Gasteiger partial charge on any atom is -0.383 e. The van der Waals surface area contributed by atoms with Gasteiger partial charge in [0.25, 0.3) is 0 Å². The molecule has 1 fully saturated rings. The molecule has 2 unspecified atom stereocenters. The number of methoxy groups -OCH3 is 1. The van der Waals surface area contributed by atoms with Gasteiger partial charge in [0.05, 0.1) is 30.1 Å². The molecule has 1 aromatic rings. The molecule has 2 heterocycles. The fourth-order valence-electron chi connectivity index (χ4n) is 2.54. The minimum atomic E-state index is 0.647. The fourth-order valence-corrected chi connectivity index (χ4v) is 2.76. The van der Waals surface area contributed by atoms with E-state index in [2.05, 4.69) is 17.3 Å². The van der Waals surface area contributed by atoms with Crippen molar-refractivity contribution in [1.82, 2.24) is 15.1 Å². The van der Waals surface area contributed by atoms with Gasteiger partial charge in [-0.2, -0.15) is 5.10 Å². The Kier molecular flexibility index (Phi) is 5.03. The zero-order chi connectivity index (χ0) is 13.0. The van der Waals surface area contributed by atoms with Crippen molar-refractivity contribution in [2.75, 3.05) is 26.8 Å². The van der Waals surface area contributed by atoms with Crippen LogP contribution in [0.5, 0.6) is 0 Å². The lowest BCUT2D eigenvalue weighted by Gasteiger charge is -2.29. The number of rotatable bonds is 5. The number of ether oxygens (including phenoxy) is 1. The molecule has 2 rings (SSSR count). The second-order valence-corrected chi connectivity index (χ2v) is 5.50. The van der Waals surface area contributed by atoms with E-state index < -0.39 is 0 Å². The van der Waals surface area contributed by atoms with Gasteiger partial charge in [-0.05, 0) is 37.8 Å². The summed E-state index contributed by atoms with van der Waals surface area (Å²) in [6.07, 6.45) is 3.98. The maximum Gasteiger partial charge on any atom is 0.0817 e. The maximum atomic E-state index is 6.25. The summed E-state index contributed by atoms with van der Waals surface area (Å²) in [4.78, 5) is 0. The number of nitrogens with one attached hydrogen (secondary N) is 1. The van der Waals surface area contributed by atoms with Crippen molar-refractivity contribution >= 4 is 11.6 Å². The van der Waals surface area contributed by atoms with Gasteiger partial charge < -0.3 is 10.1 Å². The Hall–Kier alpha value is -0.580. The van der Waals surface area contributed by atoms with Crippen molar-refractivity contribution in [2.24, 2.45) is 11.8 Å². The molecule has 5 heteroatoms. The third-order valence-electron chi connectivity index (χ3n) is 3.85. The molecule has 2 atom stereocenters. The quantitative estimate of drug-likeness (QED) is 0.890. The summed E-state index contributed by atoms with van der Waals surface area (Å²) < 4.78 is 7.08. The number of piperidine rings is 1. The predicted molar refractivity (Wildman–Crippen MR) is 73.0 cm³/mol. The van der Waals surface area contributed by atoms with E-state index in [0.717, 1.165) is 42.7 Å². The van der Waals surface area contributed by atoms with Gasteiger partial charge >= 0.3 is 0 Å². The molecule has 18 heavy (non-hydrogen) atoms. The molecule has 0 amide bonds. The maximum absolute atomic E-state index is 6.25. The number of hydrogen-bond acceptors (Lipinski definition) is 3. The van der Waals surface area contributed by atoms with Crippen molar-refractivity contribution in [1.29, 1.82) is 0 Å². The van der Waals surface area contributed by atoms with Crippen LogP contribution < -0.4 is 5.32 Å². The first-order valence-electron chi connectivity index (χ1n) is 6.62. The van der Waals surface area contributed by atoms with Gasteiger partial charge in [-0.15, -0.1) is 0 Å². The molecule has 1 aliphatic heterocycles. The molecule has 1 aliphatic rings. The van der Waals surface area contributed by atoms with Crippen LogP contribution in [0.15, 0.2) is 6.20 Å². The van der Waals surface area contributed by atoms with Crippen LogP contribution in [0.2, 0.25) is 5.02 Å². The van der Waals surface area contributed by atoms with Gasteiger partial charge in [-0.25, -0.2) is 0 Å². The highest BCUT2D eigenvalue weighted by atomic mass is 35.5. The number of halogens is 1. The Bertz CT molecular complexity index is 380. The van der Waals surface area contributed by atoms with E-state index in [0.29, 0.717) is 12.5 Å². The molecule has 0 saturated carbocycles. The van der Waals surface area contributed by atoms with E-state index in [1.54, 1.807) is 13.3 Å². The predicted octanol–water partition coefficient (Wildman–Crippen LogP) is 1.97. The van der Waals surface area contributed by atoms with E-state index >= 15 is 0 Å². The van der Waals surface area contributed by atoms with Crippen LogP contribution in [0.1, 0.15) is 19.0 Å². The molecule has 0 spiro atoms. The average molecular weight is 272 g/mol. The number of nitrogens with zero attached hydrogens (tertiary/aromatic N) is 2. The first-order chi connectivity index (χ1) is 8.72. The van der Waals surface area contributed by atoms with E-state index in [4.69, 9.17) is 16.3 Å². The highest BCUT2D eigenvalue weighted by molar-refractivity contribution is 6.31. The Balaban J connectivity index is 2.04. The van der Waals surface area contributed by atoms with E-state index in [-0.39, 0.29) is 0 Å². The van der Waals surface area contributed by atoms with Crippen molar-refractivity contribution < 1.29 is 4.74 Å². The van der Waals surface area contributed by atoms with Gasteiger partial charge in [0.15, 0.2) is 0 Å². The van der Waals surface area contributed by atoms with Crippen molar-refractivity contribution in [3.05, 3.63) is 16.9 Å². The largest absolute Gasteiger partial charge is 0.383 e. The molecule has 1 N–H and O–H groups in total. The lowest BCUT2D eigenvalue weighted by atomic mass is 9.85. The molecular formula is C13H22ClN3O. The van der Waals surface area contributed by atoms with Crippen molar-refractivity contribution in [3.63, 3.8) is 0 Å². The summed E-state index contributed by atoms with van der Waals surface area (Å²) in [5.74, 6) is 1.39. The summed E-state index contributed by atoms with van der Waals surface area (Å²) in [5.41, 5.74) is 1.15. The van der Waals surface area contributed by atoms with Gasteiger partial charge in [-0.3, -0.25) is 4.68 Å². The molecule has 1 aromatic heterocycles. The SMILES string of the molecule is COCCn1ncc(Cl)c1CC1CNCCC1C. The Morgan fingerprint density at radius 1 is 1.61 bits per heavy atom. The van der Waals surface area contributed by atoms with Crippen LogP contribution in [0, 0.1) is 11.8 Å². The van der Waals surface area contributed by atoms with Gasteiger partial charge in [-0.1, -0.05) is 18.5 Å². The highest BCUT2D eigenvalue weighted by Crippen LogP contribution is 2.26. The molecule has 1 saturated heterocycles. The molecule has 0 aliphatic carbocycles. The smallest absolute Gasteiger partial charge is 0.0817 e. The fraction of sp³-hybridized carbons (Fsp3) is 0.769. The first-order valence-corrected chi connectivity index (χ1v) is 7.00. The summed E-state index contributed by atoms with van der Waals surface area (Å²) >= 11 is 6.25. The minimum absolute atomic E-state index is 0.647. The van der Waals surface area contributed by atoms with Crippen LogP contribution in [-0.4, -0.2) is 36.6 Å². The molecule has 4 nitrogen and oxygen atoms in total. The number of hydrogen-bond donors (Lipinski definition) is 1. The lowest BCUT2D eigenvalue weighted by Crippen LogP contribution is -2.36. The standard InChI is InChI=1S/C13H22ClN3O/c1-10-3-4-15-8-11(10)7-13-12(14)9-16-17(13)5-6-18-2/h9-11,15H,3-8H2,1-2H3. The van der Waals surface area contributed by atoms with Gasteiger partial charge in [0.2, 0.25) is 0 Å². The van der Waals surface area contributed by atoms with Crippen LogP contribution in [0.25, 0.3) is 0 Å². The lowest BCUT2D eigenvalue weighted by molar-refractivity contribution is 0.181. The molecule has 102 valence electrons. The number of aromatic nitrogens is 2. The summed E-state index contributed by atoms with van der Waals surface area (Å²) in [6.45, 7) is 5.98. The molecular weight excluding hydrogens is 250 g/mol. The van der Waals surface area contributed by atoms with Crippen LogP contribution >= 0.6 is 11.6 Å². The third-order valence-corrected chi connectivity index (χ3v) is 4.16. The molecule has 0 aromatic carbocycles. The monoisotopic (exact) mass is 271 g/mol. The van der Waals surface area contributed by atoms with Crippen molar-refractivity contribution in [2.45, 2.75) is 26.3 Å². The summed E-state index contributed by atoms with van der Waals surface area (Å²) in [7, 11) is 1.71. The second-order valence-electron chi connectivity index (χ2n) is 5.09. The van der Waals surface area contributed by atoms with Crippen LogP contribution in [0.3, 0.4) is 0 Å². The Morgan fingerprint density at radius 3 is 3.17 bits per heavy atom. The Morgan fingerprint density at radius 2 is 2.44 bits per heavy atom. The van der Waals surface area contributed by atoms with E-state index in [9.17, 15) is 0 Å². The first kappa shape index (κ1) is 13.8. The molecule has 0 bridgehead atoms. The molecule has 0 radical (unpaired) electrons. The van der Waals surface area contributed by atoms with Gasteiger partial charge in [0.1, 0.15) is 0 Å². The zero-order valence-corrected chi connectivity index (χ0v) is 11.9. The normalized spacial score (nSPS) is 24.4. The third kappa shape index (κ3) is 3.25. The summed E-state index contributed by atoms with van der Waals surface area (Å²) in [6, 6.07) is 0. The van der Waals surface area contributed by atoms with E-state index in [1.807, 2.05) is 4.68 Å². The summed E-state index contributed by atoms with van der Waals surface area (Å²) in [5, 5.41) is 8.57. The van der Waals surface area contributed by atoms with Gasteiger partial charge in [0, 0.05) is 7.11 Å². The average Bonchev–Trinajstić information content (AvgIpc) is 2.71.